The number of hydrogen-bond acceptors (Lipinski definition) is 3. The van der Waals surface area contributed by atoms with E-state index in [-0.39, 0.29) is 30.3 Å². The lowest BCUT2D eigenvalue weighted by Gasteiger charge is -2.39. The second-order valence-corrected chi connectivity index (χ2v) is 6.97. The molecule has 3 unspecified atom stereocenters. The number of nitrogens with one attached hydrogen (secondary N) is 1. The molecule has 0 aliphatic carbocycles. The molecule has 0 aromatic rings. The Labute approximate surface area is 145 Å². The maximum atomic E-state index is 13.2. The van der Waals surface area contributed by atoms with Gasteiger partial charge in [-0.1, -0.05) is 6.92 Å². The van der Waals surface area contributed by atoms with Crippen molar-refractivity contribution in [3.63, 3.8) is 0 Å². The Morgan fingerprint density at radius 2 is 1.87 bits per heavy atom. The molecule has 132 valence electrons. The van der Waals surface area contributed by atoms with Gasteiger partial charge >= 0.3 is 0 Å². The Balaban J connectivity index is 0.00000192. The molecule has 3 aliphatic heterocycles. The first-order valence-corrected chi connectivity index (χ1v) is 9.04. The van der Waals surface area contributed by atoms with Gasteiger partial charge in [-0.05, 0) is 51.5 Å². The van der Waals surface area contributed by atoms with Crippen molar-refractivity contribution in [2.45, 2.75) is 76.4 Å². The van der Waals surface area contributed by atoms with Gasteiger partial charge in [0.05, 0.1) is 0 Å². The maximum absolute atomic E-state index is 13.2. The number of likely N-dealkylation sites (tertiary alicyclic amines) is 1. The lowest BCUT2D eigenvalue weighted by molar-refractivity contribution is -0.149. The molecule has 0 radical (unpaired) electrons. The summed E-state index contributed by atoms with van der Waals surface area (Å²) in [6.45, 7) is 4.71. The van der Waals surface area contributed by atoms with Gasteiger partial charge in [-0.25, -0.2) is 0 Å². The number of rotatable bonds is 3. The first-order chi connectivity index (χ1) is 10.7. The van der Waals surface area contributed by atoms with Gasteiger partial charge in [0.15, 0.2) is 0 Å². The monoisotopic (exact) mass is 343 g/mol. The van der Waals surface area contributed by atoms with Crippen molar-refractivity contribution in [1.82, 2.24) is 15.1 Å². The van der Waals surface area contributed by atoms with Crippen molar-refractivity contribution in [3.05, 3.63) is 0 Å². The highest BCUT2D eigenvalue weighted by molar-refractivity contribution is 5.88. The second-order valence-electron chi connectivity index (χ2n) is 6.97. The van der Waals surface area contributed by atoms with Gasteiger partial charge in [0, 0.05) is 31.6 Å². The van der Waals surface area contributed by atoms with E-state index in [1.165, 1.54) is 0 Å². The number of carbonyl (C=O) groups is 2. The average molecular weight is 344 g/mol. The van der Waals surface area contributed by atoms with E-state index in [1.54, 1.807) is 0 Å². The number of amides is 2. The number of halogens is 1. The second kappa shape index (κ2) is 8.34. The van der Waals surface area contributed by atoms with Crippen molar-refractivity contribution < 1.29 is 9.59 Å². The van der Waals surface area contributed by atoms with Gasteiger partial charge in [0.25, 0.3) is 0 Å². The van der Waals surface area contributed by atoms with E-state index in [0.717, 1.165) is 64.6 Å². The summed E-state index contributed by atoms with van der Waals surface area (Å²) in [4.78, 5) is 29.6. The normalized spacial score (nSPS) is 30.6. The molecule has 3 fully saturated rings. The zero-order chi connectivity index (χ0) is 15.5. The molecule has 3 saturated heterocycles. The van der Waals surface area contributed by atoms with Crippen LogP contribution in [0.3, 0.4) is 0 Å². The van der Waals surface area contributed by atoms with Crippen LogP contribution >= 0.6 is 12.4 Å². The summed E-state index contributed by atoms with van der Waals surface area (Å²) in [5.74, 6) is 0.390. The van der Waals surface area contributed by atoms with Gasteiger partial charge in [-0.2, -0.15) is 0 Å². The van der Waals surface area contributed by atoms with Crippen LogP contribution in [0.1, 0.15) is 58.3 Å². The minimum atomic E-state index is -0.200. The van der Waals surface area contributed by atoms with Gasteiger partial charge < -0.3 is 15.1 Å². The van der Waals surface area contributed by atoms with E-state index in [1.807, 2.05) is 11.8 Å². The summed E-state index contributed by atoms with van der Waals surface area (Å²) >= 11 is 0. The minimum absolute atomic E-state index is 0. The van der Waals surface area contributed by atoms with Gasteiger partial charge in [-0.15, -0.1) is 12.4 Å². The van der Waals surface area contributed by atoms with Gasteiger partial charge in [-0.3, -0.25) is 9.59 Å². The average Bonchev–Trinajstić information content (AvgIpc) is 2.80. The molecule has 0 spiro atoms. The zero-order valence-electron chi connectivity index (χ0n) is 14.1. The lowest BCUT2D eigenvalue weighted by atomic mass is 9.99. The van der Waals surface area contributed by atoms with Crippen molar-refractivity contribution in [1.29, 1.82) is 0 Å². The van der Waals surface area contributed by atoms with Crippen molar-refractivity contribution >= 4 is 24.2 Å². The molecular weight excluding hydrogens is 314 g/mol. The maximum Gasteiger partial charge on any atom is 0.245 e. The third-order valence-electron chi connectivity index (χ3n) is 5.48. The van der Waals surface area contributed by atoms with Crippen LogP contribution < -0.4 is 5.32 Å². The summed E-state index contributed by atoms with van der Waals surface area (Å²) in [6.07, 6.45) is 7.66. The molecule has 3 atom stereocenters. The first kappa shape index (κ1) is 18.5. The Morgan fingerprint density at radius 1 is 1.09 bits per heavy atom. The number of piperidine rings is 1. The highest BCUT2D eigenvalue weighted by Crippen LogP contribution is 2.31. The first-order valence-electron chi connectivity index (χ1n) is 9.04. The summed E-state index contributed by atoms with van der Waals surface area (Å²) < 4.78 is 0. The standard InChI is InChI=1S/C17H29N3O2.ClH/c1-2-5-16(21)19-11-4-3-6-15(19)17(22)20-13-7-8-14(20)12-18-10-9-13;/h13-15,18H,2-12H2,1H3;1H. The number of hydrogen-bond donors (Lipinski definition) is 1. The van der Waals surface area contributed by atoms with Crippen LogP contribution in [0.15, 0.2) is 0 Å². The van der Waals surface area contributed by atoms with Crippen LogP contribution in [-0.2, 0) is 9.59 Å². The van der Waals surface area contributed by atoms with Gasteiger partial charge in [0.1, 0.15) is 6.04 Å². The van der Waals surface area contributed by atoms with Crippen molar-refractivity contribution in [3.8, 4) is 0 Å². The molecule has 3 aliphatic rings. The highest BCUT2D eigenvalue weighted by atomic mass is 35.5. The Bertz CT molecular complexity index is 418. The Kier molecular flexibility index (Phi) is 6.72. The van der Waals surface area contributed by atoms with E-state index in [0.29, 0.717) is 18.5 Å². The zero-order valence-corrected chi connectivity index (χ0v) is 14.9. The van der Waals surface area contributed by atoms with Crippen molar-refractivity contribution in [2.75, 3.05) is 19.6 Å². The summed E-state index contributed by atoms with van der Waals surface area (Å²) in [5, 5.41) is 3.45. The quantitative estimate of drug-likeness (QED) is 0.852. The molecule has 5 nitrogen and oxygen atoms in total. The molecule has 2 amide bonds. The molecule has 0 aromatic carbocycles. The lowest BCUT2D eigenvalue weighted by Crippen LogP contribution is -2.56. The van der Waals surface area contributed by atoms with E-state index >= 15 is 0 Å². The fraction of sp³-hybridized carbons (Fsp3) is 0.882. The molecule has 1 N–H and O–H groups in total. The molecular formula is C17H30ClN3O2. The van der Waals surface area contributed by atoms with Crippen LogP contribution in [0, 0.1) is 0 Å². The predicted octanol–water partition coefficient (Wildman–Crippen LogP) is 1.94. The summed E-state index contributed by atoms with van der Waals surface area (Å²) in [5.41, 5.74) is 0. The number of fused-ring (bicyclic) bond motifs is 2. The third-order valence-corrected chi connectivity index (χ3v) is 5.48. The fourth-order valence-electron chi connectivity index (χ4n) is 4.36. The van der Waals surface area contributed by atoms with E-state index < -0.39 is 0 Å². The summed E-state index contributed by atoms with van der Waals surface area (Å²) in [6, 6.07) is 0.525. The van der Waals surface area contributed by atoms with E-state index in [9.17, 15) is 9.59 Å². The fourth-order valence-corrected chi connectivity index (χ4v) is 4.36. The molecule has 6 heteroatoms. The molecule has 3 heterocycles. The SMILES string of the molecule is CCCC(=O)N1CCCCC1C(=O)N1C2CCNCC1CC2.Cl. The van der Waals surface area contributed by atoms with Gasteiger partial charge in [0.2, 0.25) is 11.8 Å². The third kappa shape index (κ3) is 3.82. The minimum Gasteiger partial charge on any atom is -0.334 e. The molecule has 0 aromatic heterocycles. The number of carbonyl (C=O) groups excluding carboxylic acids is 2. The highest BCUT2D eigenvalue weighted by Gasteiger charge is 2.43. The van der Waals surface area contributed by atoms with Crippen molar-refractivity contribution in [2.24, 2.45) is 0 Å². The molecule has 0 saturated carbocycles. The van der Waals surface area contributed by atoms with E-state index in [4.69, 9.17) is 0 Å². The van der Waals surface area contributed by atoms with E-state index in [2.05, 4.69) is 10.2 Å². The van der Waals surface area contributed by atoms with Crippen LogP contribution in [0.5, 0.6) is 0 Å². The predicted molar refractivity (Wildman–Crippen MR) is 92.7 cm³/mol. The Morgan fingerprint density at radius 3 is 2.65 bits per heavy atom. The molecule has 23 heavy (non-hydrogen) atoms. The summed E-state index contributed by atoms with van der Waals surface area (Å²) in [7, 11) is 0. The molecule has 2 bridgehead atoms. The smallest absolute Gasteiger partial charge is 0.245 e. The topological polar surface area (TPSA) is 52.7 Å². The largest absolute Gasteiger partial charge is 0.334 e. The Hall–Kier alpha value is -0.810. The van der Waals surface area contributed by atoms with Crippen LogP contribution in [0.2, 0.25) is 0 Å². The van der Waals surface area contributed by atoms with Crippen LogP contribution in [-0.4, -0.2) is 59.4 Å². The van der Waals surface area contributed by atoms with Crippen LogP contribution in [0.25, 0.3) is 0 Å². The number of nitrogens with zero attached hydrogens (tertiary/aromatic N) is 2. The van der Waals surface area contributed by atoms with Crippen LogP contribution in [0.4, 0.5) is 0 Å². The molecule has 3 rings (SSSR count).